The van der Waals surface area contributed by atoms with Crippen molar-refractivity contribution in [2.24, 2.45) is 0 Å². The summed E-state index contributed by atoms with van der Waals surface area (Å²) < 4.78 is 5.46. The van der Waals surface area contributed by atoms with E-state index in [2.05, 4.69) is 19.1 Å². The lowest BCUT2D eigenvalue weighted by Gasteiger charge is -2.06. The van der Waals surface area contributed by atoms with E-state index in [1.807, 2.05) is 0 Å². The van der Waals surface area contributed by atoms with Gasteiger partial charge in [-0.25, -0.2) is 0 Å². The van der Waals surface area contributed by atoms with Crippen molar-refractivity contribution in [1.82, 2.24) is 0 Å². The van der Waals surface area contributed by atoms with E-state index in [1.165, 1.54) is 199 Å². The Bertz CT molecular complexity index is 558. The molecule has 0 aromatic rings. The number of carbonyl (C=O) groups excluding carboxylic acids is 1. The van der Waals surface area contributed by atoms with Crippen LogP contribution in [0.2, 0.25) is 0 Å². The Morgan fingerprint density at radius 2 is 0.750 bits per heavy atom. The lowest BCUT2D eigenvalue weighted by atomic mass is 10.0. The molecule has 0 saturated carbocycles. The molecule has 0 bridgehead atoms. The summed E-state index contributed by atoms with van der Waals surface area (Å²) in [5.41, 5.74) is 0. The molecule has 3 heteroatoms. The molecule has 0 amide bonds. The highest BCUT2D eigenvalue weighted by atomic mass is 16.5. The van der Waals surface area contributed by atoms with Gasteiger partial charge in [-0.3, -0.25) is 4.79 Å². The van der Waals surface area contributed by atoms with Crippen molar-refractivity contribution < 1.29 is 14.6 Å². The first-order valence-corrected chi connectivity index (χ1v) is 20.2. The first-order chi connectivity index (χ1) is 21.8. The van der Waals surface area contributed by atoms with Crippen LogP contribution in [-0.2, 0) is 9.53 Å². The molecule has 1 N–H and O–H groups in total. The number of aliphatic hydroxyl groups excluding tert-OH is 1. The van der Waals surface area contributed by atoms with Gasteiger partial charge in [-0.2, -0.15) is 0 Å². The largest absolute Gasteiger partial charge is 0.466 e. The van der Waals surface area contributed by atoms with Crippen molar-refractivity contribution in [2.45, 2.75) is 232 Å². The van der Waals surface area contributed by atoms with E-state index in [1.54, 1.807) is 0 Å². The molecular formula is C41H80O3. The van der Waals surface area contributed by atoms with Crippen molar-refractivity contribution in [2.75, 3.05) is 13.2 Å². The molecule has 0 aliphatic heterocycles. The summed E-state index contributed by atoms with van der Waals surface area (Å²) in [6.45, 7) is 3.26. The van der Waals surface area contributed by atoms with E-state index < -0.39 is 0 Å². The van der Waals surface area contributed by atoms with Crippen LogP contribution in [0, 0.1) is 0 Å². The molecule has 0 atom stereocenters. The summed E-state index contributed by atoms with van der Waals surface area (Å²) in [7, 11) is 0. The Kier molecular flexibility index (Phi) is 39.4. The third kappa shape index (κ3) is 39.2. The predicted molar refractivity (Wildman–Crippen MR) is 194 cm³/mol. The summed E-state index contributed by atoms with van der Waals surface area (Å²) in [6, 6.07) is 0. The van der Waals surface area contributed by atoms with Gasteiger partial charge in [-0.05, 0) is 44.9 Å². The zero-order chi connectivity index (χ0) is 31.9. The molecule has 0 unspecified atom stereocenters. The van der Waals surface area contributed by atoms with Gasteiger partial charge in [0.2, 0.25) is 0 Å². The van der Waals surface area contributed by atoms with Gasteiger partial charge in [0.1, 0.15) is 0 Å². The molecular weight excluding hydrogens is 540 g/mol. The Hall–Kier alpha value is -0.830. The number of ether oxygens (including phenoxy) is 1. The highest BCUT2D eigenvalue weighted by Gasteiger charge is 2.03. The summed E-state index contributed by atoms with van der Waals surface area (Å²) in [5.74, 6) is 0.0188. The van der Waals surface area contributed by atoms with Crippen LogP contribution in [0.1, 0.15) is 232 Å². The third-order valence-electron chi connectivity index (χ3n) is 9.21. The maximum atomic E-state index is 12.0. The number of hydrogen-bond donors (Lipinski definition) is 1. The van der Waals surface area contributed by atoms with Gasteiger partial charge in [0, 0.05) is 13.0 Å². The molecule has 3 nitrogen and oxygen atoms in total. The SMILES string of the molecule is CCCCCCC=CCCCCCCCCCCCC(=O)OCCCCCCCCCCCCCCCCCCCCCO. The number of esters is 1. The third-order valence-corrected chi connectivity index (χ3v) is 9.21. The number of unbranched alkanes of at least 4 members (excludes halogenated alkanes) is 31. The minimum atomic E-state index is 0.0188. The topological polar surface area (TPSA) is 46.5 Å². The van der Waals surface area contributed by atoms with Crippen LogP contribution in [0.25, 0.3) is 0 Å². The fourth-order valence-electron chi connectivity index (χ4n) is 6.17. The zero-order valence-electron chi connectivity index (χ0n) is 30.1. The zero-order valence-corrected chi connectivity index (χ0v) is 30.1. The van der Waals surface area contributed by atoms with E-state index in [-0.39, 0.29) is 5.97 Å². The molecule has 0 rings (SSSR count). The fourth-order valence-corrected chi connectivity index (χ4v) is 6.17. The lowest BCUT2D eigenvalue weighted by Crippen LogP contribution is -2.05. The highest BCUT2D eigenvalue weighted by Crippen LogP contribution is 2.15. The van der Waals surface area contributed by atoms with E-state index in [0.29, 0.717) is 19.6 Å². The van der Waals surface area contributed by atoms with Gasteiger partial charge >= 0.3 is 5.97 Å². The molecule has 0 radical (unpaired) electrons. The second-order valence-corrected chi connectivity index (χ2v) is 13.7. The highest BCUT2D eigenvalue weighted by molar-refractivity contribution is 5.69. The maximum absolute atomic E-state index is 12.0. The molecule has 0 spiro atoms. The van der Waals surface area contributed by atoms with Gasteiger partial charge in [-0.15, -0.1) is 0 Å². The number of rotatable bonds is 38. The van der Waals surface area contributed by atoms with Crippen molar-refractivity contribution in [3.63, 3.8) is 0 Å². The van der Waals surface area contributed by atoms with E-state index in [4.69, 9.17) is 9.84 Å². The van der Waals surface area contributed by atoms with Crippen LogP contribution >= 0.6 is 0 Å². The van der Waals surface area contributed by atoms with Gasteiger partial charge in [0.05, 0.1) is 6.61 Å². The van der Waals surface area contributed by atoms with E-state index >= 15 is 0 Å². The smallest absolute Gasteiger partial charge is 0.305 e. The minimum absolute atomic E-state index is 0.0188. The first-order valence-electron chi connectivity index (χ1n) is 20.2. The van der Waals surface area contributed by atoms with Gasteiger partial charge in [-0.1, -0.05) is 192 Å². The predicted octanol–water partition coefficient (Wildman–Crippen LogP) is 13.8. The molecule has 0 aromatic carbocycles. The normalized spacial score (nSPS) is 11.6. The number of hydrogen-bond acceptors (Lipinski definition) is 3. The second-order valence-electron chi connectivity index (χ2n) is 13.7. The van der Waals surface area contributed by atoms with E-state index in [9.17, 15) is 4.79 Å². The molecule has 0 aliphatic carbocycles. The van der Waals surface area contributed by atoms with Crippen LogP contribution in [0.15, 0.2) is 12.2 Å². The average Bonchev–Trinajstić information content (AvgIpc) is 3.03. The van der Waals surface area contributed by atoms with Crippen LogP contribution in [0.3, 0.4) is 0 Å². The van der Waals surface area contributed by atoms with Crippen molar-refractivity contribution in [3.8, 4) is 0 Å². The Morgan fingerprint density at radius 1 is 0.432 bits per heavy atom. The number of carbonyl (C=O) groups is 1. The molecule has 44 heavy (non-hydrogen) atoms. The summed E-state index contributed by atoms with van der Waals surface area (Å²) in [4.78, 5) is 12.0. The Balaban J connectivity index is 3.16. The minimum Gasteiger partial charge on any atom is -0.466 e. The molecule has 0 saturated heterocycles. The quantitative estimate of drug-likeness (QED) is 0.0424. The second kappa shape index (κ2) is 40.2. The van der Waals surface area contributed by atoms with Gasteiger partial charge in [0.15, 0.2) is 0 Å². The van der Waals surface area contributed by atoms with Crippen molar-refractivity contribution in [1.29, 1.82) is 0 Å². The maximum Gasteiger partial charge on any atom is 0.305 e. The molecule has 0 fully saturated rings. The molecule has 262 valence electrons. The van der Waals surface area contributed by atoms with Gasteiger partial charge < -0.3 is 9.84 Å². The summed E-state index contributed by atoms with van der Waals surface area (Å²) in [6.07, 6.45) is 50.2. The van der Waals surface area contributed by atoms with E-state index in [0.717, 1.165) is 19.3 Å². The lowest BCUT2D eigenvalue weighted by molar-refractivity contribution is -0.143. The summed E-state index contributed by atoms with van der Waals surface area (Å²) in [5, 5.41) is 8.79. The number of aliphatic hydroxyl groups is 1. The van der Waals surface area contributed by atoms with Crippen LogP contribution in [-0.4, -0.2) is 24.3 Å². The first kappa shape index (κ1) is 43.2. The van der Waals surface area contributed by atoms with Gasteiger partial charge in [0.25, 0.3) is 0 Å². The average molecular weight is 621 g/mol. The molecule has 0 aliphatic rings. The number of allylic oxidation sites excluding steroid dienone is 2. The van der Waals surface area contributed by atoms with Crippen LogP contribution < -0.4 is 0 Å². The Morgan fingerprint density at radius 3 is 1.14 bits per heavy atom. The summed E-state index contributed by atoms with van der Waals surface area (Å²) >= 11 is 0. The van der Waals surface area contributed by atoms with Crippen LogP contribution in [0.5, 0.6) is 0 Å². The molecule has 0 aromatic heterocycles. The van der Waals surface area contributed by atoms with Crippen molar-refractivity contribution >= 4 is 5.97 Å². The van der Waals surface area contributed by atoms with Crippen molar-refractivity contribution in [3.05, 3.63) is 12.2 Å². The monoisotopic (exact) mass is 621 g/mol. The molecule has 0 heterocycles. The Labute approximate surface area is 277 Å². The standard InChI is InChI=1S/C41H80O3/c1-2-3-4-5-6-7-8-9-10-14-17-20-23-26-29-32-35-38-41(43)44-40-37-34-31-28-25-22-19-16-13-11-12-15-18-21-24-27-30-33-36-39-42/h7-8,42H,2-6,9-40H2,1H3. The van der Waals surface area contributed by atoms with Crippen LogP contribution in [0.4, 0.5) is 0 Å². The fraction of sp³-hybridized carbons (Fsp3) is 0.927.